The van der Waals surface area contributed by atoms with Gasteiger partial charge in [0.25, 0.3) is 10.0 Å². The molecule has 5 aromatic rings. The van der Waals surface area contributed by atoms with E-state index in [1.807, 2.05) is 42.8 Å². The highest BCUT2D eigenvalue weighted by atomic mass is 32.2. The SMILES string of the molecule is CC(C)c1nc(-c2cc(F)c(NS(=O)(=O)c3ccccc3F)cc2F)c2c(N)ncc(-c3ccc(NC4COC4)cc3)n12. The van der Waals surface area contributed by atoms with Crippen LogP contribution in [0.5, 0.6) is 0 Å². The van der Waals surface area contributed by atoms with Crippen LogP contribution in [0.4, 0.5) is 30.4 Å². The van der Waals surface area contributed by atoms with E-state index in [2.05, 4.69) is 15.3 Å². The Morgan fingerprint density at radius 2 is 1.72 bits per heavy atom. The maximum Gasteiger partial charge on any atom is 0.264 e. The van der Waals surface area contributed by atoms with Crippen molar-refractivity contribution in [3.8, 4) is 22.5 Å². The van der Waals surface area contributed by atoms with Gasteiger partial charge in [-0.05, 0) is 30.3 Å². The zero-order valence-corrected chi connectivity index (χ0v) is 23.9. The van der Waals surface area contributed by atoms with E-state index in [4.69, 9.17) is 10.5 Å². The summed E-state index contributed by atoms with van der Waals surface area (Å²) in [5.74, 6) is -2.66. The first-order valence-corrected chi connectivity index (χ1v) is 14.9. The van der Waals surface area contributed by atoms with Crippen molar-refractivity contribution in [1.29, 1.82) is 0 Å². The summed E-state index contributed by atoms with van der Waals surface area (Å²) in [4.78, 5) is 8.30. The van der Waals surface area contributed by atoms with Crippen molar-refractivity contribution in [2.24, 2.45) is 0 Å². The van der Waals surface area contributed by atoms with E-state index in [0.717, 1.165) is 29.4 Å². The largest absolute Gasteiger partial charge is 0.382 e. The lowest BCUT2D eigenvalue weighted by Gasteiger charge is -2.27. The second kappa shape index (κ2) is 10.9. The number of nitrogen functional groups attached to an aromatic ring is 1. The van der Waals surface area contributed by atoms with E-state index in [0.29, 0.717) is 30.8 Å². The van der Waals surface area contributed by atoms with Gasteiger partial charge < -0.3 is 15.8 Å². The first kappa shape index (κ1) is 28.5. The summed E-state index contributed by atoms with van der Waals surface area (Å²) in [7, 11) is -4.55. The number of halogens is 3. The molecule has 3 aromatic carbocycles. The van der Waals surface area contributed by atoms with E-state index >= 15 is 8.78 Å². The smallest absolute Gasteiger partial charge is 0.264 e. The third-order valence-electron chi connectivity index (χ3n) is 7.10. The highest BCUT2D eigenvalue weighted by Gasteiger charge is 2.26. The first-order chi connectivity index (χ1) is 20.5. The Labute approximate surface area is 245 Å². The molecule has 1 saturated heterocycles. The zero-order valence-electron chi connectivity index (χ0n) is 23.1. The molecule has 13 heteroatoms. The second-order valence-corrected chi connectivity index (χ2v) is 12.1. The number of aromatic nitrogens is 3. The van der Waals surface area contributed by atoms with Crippen molar-refractivity contribution >= 4 is 32.7 Å². The number of nitrogens with zero attached hydrogens (tertiary/aromatic N) is 3. The van der Waals surface area contributed by atoms with Crippen molar-refractivity contribution in [2.75, 3.05) is 29.0 Å². The third kappa shape index (κ3) is 5.25. The highest BCUT2D eigenvalue weighted by molar-refractivity contribution is 7.92. The topological polar surface area (TPSA) is 124 Å². The molecule has 0 spiro atoms. The molecule has 43 heavy (non-hydrogen) atoms. The average Bonchev–Trinajstić information content (AvgIpc) is 3.35. The number of benzene rings is 3. The molecule has 2 aromatic heterocycles. The number of nitrogens with two attached hydrogens (primary N) is 1. The summed E-state index contributed by atoms with van der Waals surface area (Å²) in [6.45, 7) is 5.11. The molecule has 222 valence electrons. The number of hydrogen-bond acceptors (Lipinski definition) is 7. The molecule has 0 atom stereocenters. The molecular weight excluding hydrogens is 581 g/mol. The number of rotatable bonds is 8. The van der Waals surface area contributed by atoms with Crippen LogP contribution in [0.3, 0.4) is 0 Å². The fourth-order valence-electron chi connectivity index (χ4n) is 4.91. The van der Waals surface area contributed by atoms with E-state index in [-0.39, 0.29) is 34.6 Å². The predicted molar refractivity (Wildman–Crippen MR) is 158 cm³/mol. The number of anilines is 3. The van der Waals surface area contributed by atoms with E-state index in [9.17, 15) is 12.8 Å². The van der Waals surface area contributed by atoms with E-state index in [1.54, 1.807) is 10.6 Å². The molecule has 9 nitrogen and oxygen atoms in total. The minimum absolute atomic E-state index is 0.0405. The number of hydrogen-bond donors (Lipinski definition) is 3. The average molecular weight is 609 g/mol. The Morgan fingerprint density at radius 1 is 1.00 bits per heavy atom. The van der Waals surface area contributed by atoms with Gasteiger partial charge in [0.15, 0.2) is 0 Å². The molecular formula is C30H27F3N6O3S. The number of nitrogens with one attached hydrogen (secondary N) is 2. The molecule has 0 unspecified atom stereocenters. The number of sulfonamides is 1. The lowest BCUT2D eigenvalue weighted by molar-refractivity contribution is 0.0211. The molecule has 0 bridgehead atoms. The Balaban J connectivity index is 1.43. The summed E-state index contributed by atoms with van der Waals surface area (Å²) < 4.78 is 79.5. The van der Waals surface area contributed by atoms with Gasteiger partial charge in [0.1, 0.15) is 45.2 Å². The predicted octanol–water partition coefficient (Wildman–Crippen LogP) is 5.80. The number of ether oxygens (including phenoxy) is 1. The maximum absolute atomic E-state index is 15.6. The van der Waals surface area contributed by atoms with Crippen LogP contribution in [0.2, 0.25) is 0 Å². The summed E-state index contributed by atoms with van der Waals surface area (Å²) >= 11 is 0. The van der Waals surface area contributed by atoms with Crippen LogP contribution >= 0.6 is 0 Å². The van der Waals surface area contributed by atoms with Gasteiger partial charge in [0.2, 0.25) is 0 Å². The zero-order chi connectivity index (χ0) is 30.5. The lowest BCUT2D eigenvalue weighted by Crippen LogP contribution is -2.40. The van der Waals surface area contributed by atoms with Gasteiger partial charge in [-0.15, -0.1) is 0 Å². The number of imidazole rings is 1. The molecule has 0 radical (unpaired) electrons. The summed E-state index contributed by atoms with van der Waals surface area (Å²) in [5.41, 5.74) is 8.03. The Kier molecular flexibility index (Phi) is 7.22. The van der Waals surface area contributed by atoms with Crippen LogP contribution < -0.4 is 15.8 Å². The van der Waals surface area contributed by atoms with Crippen LogP contribution in [0.1, 0.15) is 25.6 Å². The van der Waals surface area contributed by atoms with Crippen LogP contribution in [-0.2, 0) is 14.8 Å². The molecule has 1 aliphatic rings. The molecule has 1 fully saturated rings. The lowest BCUT2D eigenvalue weighted by atomic mass is 10.1. The maximum atomic E-state index is 15.6. The molecule has 0 saturated carbocycles. The highest BCUT2D eigenvalue weighted by Crippen LogP contribution is 2.37. The Morgan fingerprint density at radius 3 is 2.37 bits per heavy atom. The fourth-order valence-corrected chi connectivity index (χ4v) is 6.05. The molecule has 4 N–H and O–H groups in total. The van der Waals surface area contributed by atoms with Crippen molar-refractivity contribution in [1.82, 2.24) is 14.4 Å². The van der Waals surface area contributed by atoms with Gasteiger partial charge in [-0.1, -0.05) is 38.1 Å². The first-order valence-electron chi connectivity index (χ1n) is 13.4. The van der Waals surface area contributed by atoms with Crippen LogP contribution in [0, 0.1) is 17.5 Å². The van der Waals surface area contributed by atoms with Crippen molar-refractivity contribution in [3.63, 3.8) is 0 Å². The van der Waals surface area contributed by atoms with Crippen molar-refractivity contribution in [2.45, 2.75) is 30.7 Å². The van der Waals surface area contributed by atoms with Gasteiger partial charge in [-0.2, -0.15) is 0 Å². The van der Waals surface area contributed by atoms with Crippen molar-refractivity contribution in [3.05, 3.63) is 90.1 Å². The molecule has 0 aliphatic carbocycles. The van der Waals surface area contributed by atoms with Crippen LogP contribution in [0.15, 0.2) is 71.8 Å². The molecule has 3 heterocycles. The molecule has 6 rings (SSSR count). The Bertz CT molecular complexity index is 1960. The minimum Gasteiger partial charge on any atom is -0.382 e. The van der Waals surface area contributed by atoms with Crippen LogP contribution in [0.25, 0.3) is 28.0 Å². The van der Waals surface area contributed by atoms with Crippen molar-refractivity contribution < 1.29 is 26.3 Å². The van der Waals surface area contributed by atoms with Gasteiger partial charge in [0.05, 0.1) is 36.8 Å². The van der Waals surface area contributed by atoms with Gasteiger partial charge in [-0.3, -0.25) is 9.12 Å². The quantitative estimate of drug-likeness (QED) is 0.204. The fraction of sp³-hybridized carbons (Fsp3) is 0.200. The van der Waals surface area contributed by atoms with Gasteiger partial charge >= 0.3 is 0 Å². The summed E-state index contributed by atoms with van der Waals surface area (Å²) in [6, 6.07) is 14.1. The van der Waals surface area contributed by atoms with Crippen LogP contribution in [-0.4, -0.2) is 42.0 Å². The summed E-state index contributed by atoms with van der Waals surface area (Å²) in [5, 5.41) is 3.38. The number of fused-ring (bicyclic) bond motifs is 1. The van der Waals surface area contributed by atoms with Gasteiger partial charge in [0, 0.05) is 28.8 Å². The molecule has 1 aliphatic heterocycles. The van der Waals surface area contributed by atoms with Gasteiger partial charge in [-0.25, -0.2) is 31.6 Å². The molecule has 0 amide bonds. The third-order valence-corrected chi connectivity index (χ3v) is 8.50. The summed E-state index contributed by atoms with van der Waals surface area (Å²) in [6.07, 6.45) is 1.60. The van der Waals surface area contributed by atoms with E-state index in [1.165, 1.54) is 12.1 Å². The standard InChI is InChI=1S/C30H27F3N6O3S/c1-16(2)30-37-27(20-11-23(33)24(12-22(20)32)38-43(40,41)26-6-4-3-5-21(26)31)28-29(34)35-13-25(39(28)30)17-7-9-18(10-8-17)36-19-14-42-15-19/h3-13,16,19,36,38H,14-15H2,1-2H3,(H2,34,35). The minimum atomic E-state index is -4.55. The monoisotopic (exact) mass is 608 g/mol. The Hall–Kier alpha value is -4.62. The second-order valence-electron chi connectivity index (χ2n) is 10.5. The van der Waals surface area contributed by atoms with E-state index < -0.39 is 38.1 Å². The normalized spacial score (nSPS) is 13.8.